The minimum atomic E-state index is -0.270. The first-order valence-corrected chi connectivity index (χ1v) is 8.71. The smallest absolute Gasteiger partial charge is 0.264 e. The van der Waals surface area contributed by atoms with Crippen LogP contribution >= 0.6 is 11.8 Å². The number of rotatable bonds is 5. The summed E-state index contributed by atoms with van der Waals surface area (Å²) in [6.07, 6.45) is 1.70. The molecular weight excluding hydrogens is 350 g/mol. The topological polar surface area (TPSA) is 91.3 Å². The molecule has 1 saturated heterocycles. The SMILES string of the molecule is Cc1ccccc1NC(=O)COc1ccc(/C=C2\SC(=N)NC2=O)cc1. The van der Waals surface area contributed by atoms with E-state index in [9.17, 15) is 9.59 Å². The van der Waals surface area contributed by atoms with Crippen LogP contribution in [0, 0.1) is 12.3 Å². The zero-order valence-corrected chi connectivity index (χ0v) is 14.9. The minimum Gasteiger partial charge on any atom is -0.484 e. The molecule has 0 aliphatic carbocycles. The summed E-state index contributed by atoms with van der Waals surface area (Å²) in [5.41, 5.74) is 2.56. The van der Waals surface area contributed by atoms with Gasteiger partial charge in [-0.1, -0.05) is 30.3 Å². The zero-order valence-electron chi connectivity index (χ0n) is 14.0. The van der Waals surface area contributed by atoms with E-state index in [-0.39, 0.29) is 23.6 Å². The van der Waals surface area contributed by atoms with Gasteiger partial charge in [-0.05, 0) is 54.1 Å². The van der Waals surface area contributed by atoms with Crippen molar-refractivity contribution in [2.24, 2.45) is 0 Å². The molecule has 132 valence electrons. The molecule has 0 bridgehead atoms. The van der Waals surface area contributed by atoms with Gasteiger partial charge in [0.2, 0.25) is 0 Å². The predicted octanol–water partition coefficient (Wildman–Crippen LogP) is 3.15. The second-order valence-corrected chi connectivity index (χ2v) is 6.67. The van der Waals surface area contributed by atoms with Crippen LogP contribution in [0.15, 0.2) is 53.4 Å². The molecule has 0 atom stereocenters. The van der Waals surface area contributed by atoms with E-state index < -0.39 is 0 Å². The molecule has 7 heteroatoms. The van der Waals surface area contributed by atoms with Crippen LogP contribution in [0.2, 0.25) is 0 Å². The third-order valence-corrected chi connectivity index (χ3v) is 4.46. The van der Waals surface area contributed by atoms with Crippen molar-refractivity contribution in [3.63, 3.8) is 0 Å². The lowest BCUT2D eigenvalue weighted by atomic mass is 10.2. The number of hydrogen-bond donors (Lipinski definition) is 3. The number of carbonyl (C=O) groups excluding carboxylic acids is 2. The molecule has 1 aliphatic heterocycles. The van der Waals surface area contributed by atoms with Crippen LogP contribution in [0.3, 0.4) is 0 Å². The normalized spacial score (nSPS) is 15.0. The van der Waals surface area contributed by atoms with Crippen molar-refractivity contribution in [2.45, 2.75) is 6.92 Å². The number of thioether (sulfide) groups is 1. The summed E-state index contributed by atoms with van der Waals surface area (Å²) in [4.78, 5) is 24.1. The molecule has 0 aromatic heterocycles. The van der Waals surface area contributed by atoms with Crippen LogP contribution in [0.1, 0.15) is 11.1 Å². The van der Waals surface area contributed by atoms with E-state index in [4.69, 9.17) is 10.1 Å². The number of amidine groups is 1. The quantitative estimate of drug-likeness (QED) is 0.708. The first kappa shape index (κ1) is 17.8. The Bertz CT molecular complexity index is 891. The van der Waals surface area contributed by atoms with E-state index in [0.29, 0.717) is 10.7 Å². The number of para-hydroxylation sites is 1. The van der Waals surface area contributed by atoms with Crippen molar-refractivity contribution in [3.05, 3.63) is 64.6 Å². The molecular formula is C19H17N3O3S. The van der Waals surface area contributed by atoms with Gasteiger partial charge in [-0.15, -0.1) is 0 Å². The Morgan fingerprint density at radius 3 is 2.62 bits per heavy atom. The number of carbonyl (C=O) groups is 2. The van der Waals surface area contributed by atoms with Gasteiger partial charge in [-0.2, -0.15) is 0 Å². The van der Waals surface area contributed by atoms with E-state index >= 15 is 0 Å². The second-order valence-electron chi connectivity index (χ2n) is 5.61. The first-order valence-electron chi connectivity index (χ1n) is 7.89. The van der Waals surface area contributed by atoms with Gasteiger partial charge in [0.15, 0.2) is 11.8 Å². The Hall–Kier alpha value is -3.06. The average Bonchev–Trinajstić information content (AvgIpc) is 2.93. The highest BCUT2D eigenvalue weighted by molar-refractivity contribution is 8.18. The number of nitrogens with one attached hydrogen (secondary N) is 3. The maximum Gasteiger partial charge on any atom is 0.264 e. The van der Waals surface area contributed by atoms with Gasteiger partial charge >= 0.3 is 0 Å². The molecule has 2 aromatic carbocycles. The lowest BCUT2D eigenvalue weighted by Gasteiger charge is -2.09. The molecule has 0 spiro atoms. The summed E-state index contributed by atoms with van der Waals surface area (Å²) in [7, 11) is 0. The molecule has 1 fully saturated rings. The van der Waals surface area contributed by atoms with Crippen molar-refractivity contribution in [1.29, 1.82) is 5.41 Å². The molecule has 6 nitrogen and oxygen atoms in total. The van der Waals surface area contributed by atoms with Crippen LogP contribution in [0.25, 0.3) is 6.08 Å². The highest BCUT2D eigenvalue weighted by Gasteiger charge is 2.22. The van der Waals surface area contributed by atoms with Crippen molar-refractivity contribution in [3.8, 4) is 5.75 Å². The van der Waals surface area contributed by atoms with E-state index in [2.05, 4.69) is 10.6 Å². The van der Waals surface area contributed by atoms with Crippen LogP contribution in [-0.2, 0) is 9.59 Å². The number of benzene rings is 2. The van der Waals surface area contributed by atoms with Gasteiger partial charge in [-0.3, -0.25) is 15.0 Å². The van der Waals surface area contributed by atoms with Crippen molar-refractivity contribution >= 4 is 40.5 Å². The lowest BCUT2D eigenvalue weighted by Crippen LogP contribution is -2.20. The number of ether oxygens (including phenoxy) is 1. The maximum atomic E-state index is 12.0. The standard InChI is InChI=1S/C19H17N3O3S/c1-12-4-2-3-5-15(12)21-17(23)11-25-14-8-6-13(7-9-14)10-16-18(24)22-19(20)26-16/h2-10H,11H2,1H3,(H,21,23)(H2,20,22,24)/b16-10-. The van der Waals surface area contributed by atoms with Crippen molar-refractivity contribution in [1.82, 2.24) is 5.32 Å². The van der Waals surface area contributed by atoms with Crippen LogP contribution < -0.4 is 15.4 Å². The molecule has 0 unspecified atom stereocenters. The van der Waals surface area contributed by atoms with E-state index in [1.165, 1.54) is 0 Å². The van der Waals surface area contributed by atoms with Crippen LogP contribution in [0.4, 0.5) is 5.69 Å². The van der Waals surface area contributed by atoms with Crippen LogP contribution in [0.5, 0.6) is 5.75 Å². The summed E-state index contributed by atoms with van der Waals surface area (Å²) >= 11 is 1.09. The number of anilines is 1. The van der Waals surface area contributed by atoms with Gasteiger partial charge in [0.05, 0.1) is 4.91 Å². The summed E-state index contributed by atoms with van der Waals surface area (Å²) in [5, 5.41) is 12.8. The Balaban J connectivity index is 1.55. The van der Waals surface area contributed by atoms with E-state index in [1.54, 1.807) is 30.3 Å². The Morgan fingerprint density at radius 1 is 1.23 bits per heavy atom. The molecule has 3 N–H and O–H groups in total. The highest BCUT2D eigenvalue weighted by Crippen LogP contribution is 2.25. The minimum absolute atomic E-state index is 0.0931. The first-order chi connectivity index (χ1) is 12.5. The van der Waals surface area contributed by atoms with E-state index in [1.807, 2.05) is 31.2 Å². The lowest BCUT2D eigenvalue weighted by molar-refractivity contribution is -0.118. The third kappa shape index (κ3) is 4.52. The summed E-state index contributed by atoms with van der Waals surface area (Å²) in [6.45, 7) is 1.83. The van der Waals surface area contributed by atoms with Gasteiger partial charge in [-0.25, -0.2) is 0 Å². The Morgan fingerprint density at radius 2 is 1.96 bits per heavy atom. The van der Waals surface area contributed by atoms with Gasteiger partial charge in [0.25, 0.3) is 11.8 Å². The maximum absolute atomic E-state index is 12.0. The monoisotopic (exact) mass is 367 g/mol. The Kier molecular flexibility index (Phi) is 5.38. The number of hydrogen-bond acceptors (Lipinski definition) is 5. The second kappa shape index (κ2) is 7.88. The molecule has 3 rings (SSSR count). The van der Waals surface area contributed by atoms with Gasteiger partial charge in [0, 0.05) is 5.69 Å². The number of aryl methyl sites for hydroxylation is 1. The Labute approximate surface area is 155 Å². The molecule has 2 amide bonds. The third-order valence-electron chi connectivity index (χ3n) is 3.63. The van der Waals surface area contributed by atoms with Gasteiger partial charge < -0.3 is 15.4 Å². The fourth-order valence-corrected chi connectivity index (χ4v) is 3.00. The molecule has 1 heterocycles. The molecule has 0 radical (unpaired) electrons. The van der Waals surface area contributed by atoms with Crippen LogP contribution in [-0.4, -0.2) is 23.6 Å². The highest BCUT2D eigenvalue weighted by atomic mass is 32.2. The summed E-state index contributed by atoms with van der Waals surface area (Å²) < 4.78 is 5.49. The summed E-state index contributed by atoms with van der Waals surface area (Å²) in [5.74, 6) is 0.0552. The molecule has 2 aromatic rings. The zero-order chi connectivity index (χ0) is 18.5. The average molecular weight is 367 g/mol. The molecule has 26 heavy (non-hydrogen) atoms. The number of amides is 2. The molecule has 0 saturated carbocycles. The summed E-state index contributed by atoms with van der Waals surface area (Å²) in [6, 6.07) is 14.6. The van der Waals surface area contributed by atoms with Gasteiger partial charge in [0.1, 0.15) is 5.75 Å². The van der Waals surface area contributed by atoms with Crippen molar-refractivity contribution in [2.75, 3.05) is 11.9 Å². The largest absolute Gasteiger partial charge is 0.484 e. The fraction of sp³-hybridized carbons (Fsp3) is 0.105. The van der Waals surface area contributed by atoms with E-state index in [0.717, 1.165) is 28.6 Å². The van der Waals surface area contributed by atoms with Crippen molar-refractivity contribution < 1.29 is 14.3 Å². The fourth-order valence-electron chi connectivity index (χ4n) is 2.30. The molecule has 1 aliphatic rings. The predicted molar refractivity (Wildman–Crippen MR) is 103 cm³/mol.